The summed E-state index contributed by atoms with van der Waals surface area (Å²) < 4.78 is 42.8. The molecule has 0 radical (unpaired) electrons. The Kier molecular flexibility index (Phi) is 6.02. The Morgan fingerprint density at radius 1 is 1.03 bits per heavy atom. The van der Waals surface area contributed by atoms with Gasteiger partial charge in [-0.1, -0.05) is 17.7 Å². The van der Waals surface area contributed by atoms with Crippen LogP contribution in [0.2, 0.25) is 0 Å². The van der Waals surface area contributed by atoms with Gasteiger partial charge in [0.15, 0.2) is 4.77 Å². The molecule has 0 unspecified atom stereocenters. The quantitative estimate of drug-likeness (QED) is 0.588. The molecule has 0 saturated carbocycles. The van der Waals surface area contributed by atoms with Crippen molar-refractivity contribution in [3.63, 3.8) is 0 Å². The largest absolute Gasteiger partial charge is 0.336 e. The number of aromatic nitrogens is 2. The van der Waals surface area contributed by atoms with Crippen molar-refractivity contribution < 1.29 is 17.6 Å². The maximum atomic E-state index is 13.3. The normalized spacial score (nSPS) is 15.2. The van der Waals surface area contributed by atoms with Crippen molar-refractivity contribution in [2.45, 2.75) is 18.7 Å². The summed E-state index contributed by atoms with van der Waals surface area (Å²) in [5, 5.41) is 0. The van der Waals surface area contributed by atoms with Crippen molar-refractivity contribution in [2.24, 2.45) is 0 Å². The first kappa shape index (κ1) is 22.4. The third-order valence-electron chi connectivity index (χ3n) is 5.55. The van der Waals surface area contributed by atoms with E-state index in [-0.39, 0.29) is 37.9 Å². The van der Waals surface area contributed by atoms with Crippen LogP contribution in [0.3, 0.4) is 0 Å². The van der Waals surface area contributed by atoms with Gasteiger partial charge in [-0.25, -0.2) is 12.8 Å². The summed E-state index contributed by atoms with van der Waals surface area (Å²) in [5.41, 5.74) is 2.58. The summed E-state index contributed by atoms with van der Waals surface area (Å²) >= 11 is 5.31. The molecule has 4 rings (SSSR count). The van der Waals surface area contributed by atoms with Crippen LogP contribution in [0.4, 0.5) is 4.39 Å². The van der Waals surface area contributed by atoms with Gasteiger partial charge in [-0.3, -0.25) is 9.36 Å². The van der Waals surface area contributed by atoms with Crippen molar-refractivity contribution in [1.29, 1.82) is 0 Å². The predicted molar refractivity (Wildman–Crippen MR) is 121 cm³/mol. The first-order valence-corrected chi connectivity index (χ1v) is 12.0. The van der Waals surface area contributed by atoms with Crippen molar-refractivity contribution in [1.82, 2.24) is 18.8 Å². The van der Waals surface area contributed by atoms with Gasteiger partial charge in [-0.15, -0.1) is 0 Å². The van der Waals surface area contributed by atoms with E-state index < -0.39 is 10.0 Å². The van der Waals surface area contributed by atoms with Crippen LogP contribution in [0.25, 0.3) is 5.69 Å². The minimum atomic E-state index is -3.64. The van der Waals surface area contributed by atoms with Crippen molar-refractivity contribution >= 4 is 28.1 Å². The maximum absolute atomic E-state index is 13.3. The van der Waals surface area contributed by atoms with Gasteiger partial charge in [-0.2, -0.15) is 4.31 Å². The number of hydrogen-bond donors (Lipinski definition) is 1. The second kappa shape index (κ2) is 8.61. The average molecular weight is 475 g/mol. The zero-order valence-electron chi connectivity index (χ0n) is 17.7. The minimum absolute atomic E-state index is 0.198. The topological polar surface area (TPSA) is 78.4 Å². The van der Waals surface area contributed by atoms with E-state index in [4.69, 9.17) is 12.2 Å². The standard InChI is InChI=1S/C22H23FN4O3S2/c1-15-3-8-20(16(2)13-15)32(29,30)26-11-9-25(10-12-26)21(28)19-14-24-22(31)27(19)18-6-4-17(23)5-7-18/h3-8,13-14H,9-12H2,1-2H3,(H,24,31). The molecule has 0 bridgehead atoms. The summed E-state index contributed by atoms with van der Waals surface area (Å²) in [6, 6.07) is 11.0. The molecular formula is C22H23FN4O3S2. The number of carbonyl (C=O) groups is 1. The Hall–Kier alpha value is -2.82. The zero-order chi connectivity index (χ0) is 23.0. The van der Waals surface area contributed by atoms with Gasteiger partial charge >= 0.3 is 0 Å². The Balaban J connectivity index is 1.53. The smallest absolute Gasteiger partial charge is 0.272 e. The average Bonchev–Trinajstić information content (AvgIpc) is 3.15. The summed E-state index contributed by atoms with van der Waals surface area (Å²) in [6.07, 6.45) is 1.52. The number of sulfonamides is 1. The van der Waals surface area contributed by atoms with Crippen LogP contribution >= 0.6 is 12.2 Å². The summed E-state index contributed by atoms with van der Waals surface area (Å²) in [5.74, 6) is -0.657. The van der Waals surface area contributed by atoms with Crippen LogP contribution in [0.5, 0.6) is 0 Å². The fourth-order valence-corrected chi connectivity index (χ4v) is 5.78. The first-order valence-electron chi connectivity index (χ1n) is 10.1. The summed E-state index contributed by atoms with van der Waals surface area (Å²) in [4.78, 5) is 17.9. The lowest BCUT2D eigenvalue weighted by atomic mass is 10.2. The highest BCUT2D eigenvalue weighted by molar-refractivity contribution is 7.89. The molecule has 0 atom stereocenters. The molecule has 168 valence electrons. The van der Waals surface area contributed by atoms with E-state index in [1.807, 2.05) is 13.0 Å². The molecule has 1 amide bonds. The monoisotopic (exact) mass is 474 g/mol. The lowest BCUT2D eigenvalue weighted by Crippen LogP contribution is -2.50. The molecule has 1 saturated heterocycles. The van der Waals surface area contributed by atoms with Gasteiger partial charge in [0, 0.05) is 38.1 Å². The number of benzene rings is 2. The molecule has 1 aromatic heterocycles. The number of amides is 1. The van der Waals surface area contributed by atoms with Crippen LogP contribution in [-0.2, 0) is 10.0 Å². The lowest BCUT2D eigenvalue weighted by molar-refractivity contribution is 0.0689. The minimum Gasteiger partial charge on any atom is -0.336 e. The molecule has 1 aliphatic rings. The fourth-order valence-electron chi connectivity index (χ4n) is 3.89. The number of imidazole rings is 1. The van der Waals surface area contributed by atoms with E-state index in [0.29, 0.717) is 26.6 Å². The van der Waals surface area contributed by atoms with Crippen molar-refractivity contribution in [3.8, 4) is 5.69 Å². The zero-order valence-corrected chi connectivity index (χ0v) is 19.3. The Bertz CT molecular complexity index is 1320. The Morgan fingerprint density at radius 3 is 2.31 bits per heavy atom. The number of piperazine rings is 1. The number of rotatable bonds is 4. The van der Waals surface area contributed by atoms with Gasteiger partial charge in [0.25, 0.3) is 5.91 Å². The summed E-state index contributed by atoms with van der Waals surface area (Å²) in [7, 11) is -3.64. The van der Waals surface area contributed by atoms with E-state index in [2.05, 4.69) is 4.98 Å². The first-order chi connectivity index (χ1) is 15.2. The molecule has 0 aliphatic carbocycles. The SMILES string of the molecule is Cc1ccc(S(=O)(=O)N2CCN(C(=O)c3c[nH]c(=S)n3-c3ccc(F)cc3)CC2)c(C)c1. The van der Waals surface area contributed by atoms with E-state index in [9.17, 15) is 17.6 Å². The number of aromatic amines is 1. The number of carbonyl (C=O) groups excluding carboxylic acids is 1. The number of H-pyrrole nitrogens is 1. The van der Waals surface area contributed by atoms with Gasteiger partial charge in [-0.05, 0) is 62.0 Å². The molecule has 1 N–H and O–H groups in total. The highest BCUT2D eigenvalue weighted by Crippen LogP contribution is 2.23. The van der Waals surface area contributed by atoms with Gasteiger partial charge < -0.3 is 9.88 Å². The molecule has 7 nitrogen and oxygen atoms in total. The molecule has 0 spiro atoms. The van der Waals surface area contributed by atoms with E-state index in [0.717, 1.165) is 5.56 Å². The Labute approximate surface area is 191 Å². The third-order valence-corrected chi connectivity index (χ3v) is 7.91. The van der Waals surface area contributed by atoms with Crippen LogP contribution in [0.1, 0.15) is 21.6 Å². The number of hydrogen-bond acceptors (Lipinski definition) is 4. The third kappa shape index (κ3) is 4.13. The molecule has 1 aliphatic heterocycles. The molecular weight excluding hydrogens is 451 g/mol. The fraction of sp³-hybridized carbons (Fsp3) is 0.273. The van der Waals surface area contributed by atoms with Gasteiger partial charge in [0.1, 0.15) is 11.5 Å². The number of nitrogens with one attached hydrogen (secondary N) is 1. The van der Waals surface area contributed by atoms with Crippen molar-refractivity contribution in [3.05, 3.63) is 76.1 Å². The van der Waals surface area contributed by atoms with Crippen LogP contribution < -0.4 is 0 Å². The Morgan fingerprint density at radius 2 is 1.69 bits per heavy atom. The highest BCUT2D eigenvalue weighted by atomic mass is 32.2. The predicted octanol–water partition coefficient (Wildman–Crippen LogP) is 3.44. The molecule has 3 aromatic rings. The highest BCUT2D eigenvalue weighted by Gasteiger charge is 2.32. The van der Waals surface area contributed by atoms with Crippen LogP contribution in [-0.4, -0.2) is 59.3 Å². The molecule has 2 heterocycles. The number of aryl methyl sites for hydroxylation is 2. The van der Waals surface area contributed by atoms with Crippen LogP contribution in [0, 0.1) is 24.4 Å². The second-order valence-electron chi connectivity index (χ2n) is 7.76. The molecule has 2 aromatic carbocycles. The van der Waals surface area contributed by atoms with E-state index in [1.165, 1.54) is 22.6 Å². The maximum Gasteiger partial charge on any atom is 0.272 e. The van der Waals surface area contributed by atoms with Gasteiger partial charge in [0.2, 0.25) is 10.0 Å². The summed E-state index contributed by atoms with van der Waals surface area (Å²) in [6.45, 7) is 4.61. The molecule has 10 heteroatoms. The van der Waals surface area contributed by atoms with E-state index >= 15 is 0 Å². The van der Waals surface area contributed by atoms with Gasteiger partial charge in [0.05, 0.1) is 4.90 Å². The van der Waals surface area contributed by atoms with Crippen molar-refractivity contribution in [2.75, 3.05) is 26.2 Å². The molecule has 32 heavy (non-hydrogen) atoms. The van der Waals surface area contributed by atoms with E-state index in [1.54, 1.807) is 40.7 Å². The lowest BCUT2D eigenvalue weighted by Gasteiger charge is -2.34. The second-order valence-corrected chi connectivity index (χ2v) is 10.0. The number of nitrogens with zero attached hydrogens (tertiary/aromatic N) is 3. The number of halogens is 1. The molecule has 1 fully saturated rings. The van der Waals surface area contributed by atoms with Crippen LogP contribution in [0.15, 0.2) is 53.6 Å².